The van der Waals surface area contributed by atoms with E-state index in [1.54, 1.807) is 30.6 Å². The van der Waals surface area contributed by atoms with E-state index in [4.69, 9.17) is 5.14 Å². The summed E-state index contributed by atoms with van der Waals surface area (Å²) in [6, 6.07) is 8.39. The minimum Gasteiger partial charge on any atom is -0.264 e. The number of thiazole rings is 1. The average Bonchev–Trinajstić information content (AvgIpc) is 3.08. The topological polar surface area (TPSA) is 98.8 Å². The van der Waals surface area contributed by atoms with Crippen LogP contribution in [0.5, 0.6) is 0 Å². The van der Waals surface area contributed by atoms with Crippen molar-refractivity contribution in [2.24, 2.45) is 5.14 Å². The maximum Gasteiger partial charge on any atom is 0.255 e. The van der Waals surface area contributed by atoms with Crippen LogP contribution in [-0.2, 0) is 10.0 Å². The van der Waals surface area contributed by atoms with E-state index >= 15 is 0 Å². The van der Waals surface area contributed by atoms with E-state index in [0.29, 0.717) is 11.4 Å². The number of aromatic nitrogens is 3. The third-order valence-electron chi connectivity index (χ3n) is 3.00. The lowest BCUT2D eigenvalue weighted by Crippen LogP contribution is -2.14. The van der Waals surface area contributed by atoms with Gasteiger partial charge in [-0.05, 0) is 30.3 Å². The second-order valence-electron chi connectivity index (χ2n) is 4.59. The second kappa shape index (κ2) is 8.11. The lowest BCUT2D eigenvalue weighted by Gasteiger charge is -2.01. The molecule has 3 heterocycles. The van der Waals surface area contributed by atoms with Gasteiger partial charge in [-0.15, -0.1) is 11.3 Å². The first-order chi connectivity index (χ1) is 12.0. The van der Waals surface area contributed by atoms with Crippen molar-refractivity contribution >= 4 is 27.4 Å². The van der Waals surface area contributed by atoms with Gasteiger partial charge >= 0.3 is 0 Å². The van der Waals surface area contributed by atoms with Crippen LogP contribution in [0.3, 0.4) is 0 Å². The van der Waals surface area contributed by atoms with Gasteiger partial charge in [-0.3, -0.25) is 4.98 Å². The molecule has 130 valence electrons. The van der Waals surface area contributed by atoms with Gasteiger partial charge in [-0.2, -0.15) is 0 Å². The fourth-order valence-corrected chi connectivity index (χ4v) is 3.49. The summed E-state index contributed by atoms with van der Waals surface area (Å²) in [7, 11) is -3.86. The number of rotatable bonds is 4. The second-order valence-corrected chi connectivity index (χ2v) is 7.09. The van der Waals surface area contributed by atoms with Gasteiger partial charge in [0.05, 0.1) is 16.3 Å². The van der Waals surface area contributed by atoms with Gasteiger partial charge in [0, 0.05) is 18.0 Å². The lowest BCUT2D eigenvalue weighted by atomic mass is 10.2. The van der Waals surface area contributed by atoms with Gasteiger partial charge < -0.3 is 0 Å². The Labute approximate surface area is 151 Å². The van der Waals surface area contributed by atoms with Gasteiger partial charge in [0.1, 0.15) is 5.01 Å². The Bertz CT molecular complexity index is 967. The molecule has 8 heteroatoms. The summed E-state index contributed by atoms with van der Waals surface area (Å²) in [5.74, 6) is 0. The van der Waals surface area contributed by atoms with E-state index in [2.05, 4.69) is 21.5 Å². The third kappa shape index (κ3) is 4.36. The van der Waals surface area contributed by atoms with Gasteiger partial charge in [0.15, 0.2) is 5.03 Å². The predicted octanol–water partition coefficient (Wildman–Crippen LogP) is 3.58. The van der Waals surface area contributed by atoms with Crippen LogP contribution < -0.4 is 5.14 Å². The normalized spacial score (nSPS) is 10.7. The number of hydrogen-bond acceptors (Lipinski definition) is 6. The van der Waals surface area contributed by atoms with Crippen LogP contribution in [0.15, 0.2) is 54.3 Å². The van der Waals surface area contributed by atoms with Crippen molar-refractivity contribution in [2.45, 2.75) is 18.9 Å². The molecular formula is C17H18N4O2S2. The molecule has 0 aromatic carbocycles. The van der Waals surface area contributed by atoms with Crippen LogP contribution in [0.1, 0.15) is 19.5 Å². The number of pyridine rings is 2. The number of nitrogens with zero attached hydrogens (tertiary/aromatic N) is 3. The first kappa shape index (κ1) is 18.9. The highest BCUT2D eigenvalue weighted by molar-refractivity contribution is 7.89. The molecule has 0 unspecified atom stereocenters. The number of sulfonamides is 1. The Kier molecular flexibility index (Phi) is 6.13. The molecule has 3 rings (SSSR count). The van der Waals surface area contributed by atoms with E-state index in [1.807, 2.05) is 26.0 Å². The van der Waals surface area contributed by atoms with Crippen molar-refractivity contribution in [1.29, 1.82) is 0 Å². The molecule has 0 saturated carbocycles. The molecule has 6 nitrogen and oxygen atoms in total. The molecule has 0 radical (unpaired) electrons. The van der Waals surface area contributed by atoms with Gasteiger partial charge in [0.25, 0.3) is 10.0 Å². The Hall–Kier alpha value is -2.42. The van der Waals surface area contributed by atoms with Crippen LogP contribution >= 0.6 is 11.3 Å². The van der Waals surface area contributed by atoms with Crippen molar-refractivity contribution in [3.05, 3.63) is 55.0 Å². The first-order valence-electron chi connectivity index (χ1n) is 7.53. The highest BCUT2D eigenvalue weighted by Crippen LogP contribution is 2.35. The molecular weight excluding hydrogens is 356 g/mol. The van der Waals surface area contributed by atoms with E-state index in [1.165, 1.54) is 17.4 Å². The summed E-state index contributed by atoms with van der Waals surface area (Å²) in [6.45, 7) is 7.75. The van der Waals surface area contributed by atoms with E-state index in [9.17, 15) is 8.42 Å². The molecule has 0 amide bonds. The molecule has 0 atom stereocenters. The predicted molar refractivity (Wildman–Crippen MR) is 101 cm³/mol. The standard InChI is InChI=1S/C15H12N4O2S2.C2H6/c1-2-11-14(12-6-3-7-13(18-12)23(16,20)21)22-15(19-11)10-5-4-8-17-9-10;1-2/h2-9H,1H2,(H2,16,20,21);1-2H3. The van der Waals surface area contributed by atoms with Gasteiger partial charge in [-0.1, -0.05) is 26.5 Å². The summed E-state index contributed by atoms with van der Waals surface area (Å²) < 4.78 is 22.9. The highest BCUT2D eigenvalue weighted by atomic mass is 32.2. The number of primary sulfonamides is 1. The lowest BCUT2D eigenvalue weighted by molar-refractivity contribution is 0.594. The van der Waals surface area contributed by atoms with Gasteiger partial charge in [0.2, 0.25) is 0 Å². The number of nitrogens with two attached hydrogens (primary N) is 1. The minimum atomic E-state index is -3.86. The molecule has 0 aliphatic rings. The van der Waals surface area contributed by atoms with Crippen LogP contribution in [0.4, 0.5) is 0 Å². The molecule has 3 aromatic heterocycles. The Morgan fingerprint density at radius 3 is 2.52 bits per heavy atom. The fraction of sp³-hybridized carbons (Fsp3) is 0.118. The summed E-state index contributed by atoms with van der Waals surface area (Å²) in [5.41, 5.74) is 1.99. The molecule has 0 spiro atoms. The summed E-state index contributed by atoms with van der Waals surface area (Å²) in [6.07, 6.45) is 5.00. The summed E-state index contributed by atoms with van der Waals surface area (Å²) in [5, 5.41) is 5.72. The number of hydrogen-bond donors (Lipinski definition) is 1. The molecule has 0 fully saturated rings. The van der Waals surface area contributed by atoms with Crippen LogP contribution in [-0.4, -0.2) is 23.4 Å². The monoisotopic (exact) mass is 374 g/mol. The van der Waals surface area contributed by atoms with Crippen LogP contribution in [0.2, 0.25) is 0 Å². The smallest absolute Gasteiger partial charge is 0.255 e. The summed E-state index contributed by atoms with van der Waals surface area (Å²) >= 11 is 1.39. The Morgan fingerprint density at radius 2 is 1.92 bits per heavy atom. The molecule has 0 aliphatic carbocycles. The zero-order chi connectivity index (χ0) is 18.4. The fourth-order valence-electron chi connectivity index (χ4n) is 1.97. The minimum absolute atomic E-state index is 0.179. The quantitative estimate of drug-likeness (QED) is 0.752. The van der Waals surface area contributed by atoms with E-state index in [0.717, 1.165) is 15.4 Å². The molecule has 0 bridgehead atoms. The van der Waals surface area contributed by atoms with Crippen molar-refractivity contribution in [1.82, 2.24) is 15.0 Å². The third-order valence-corrected chi connectivity index (χ3v) is 4.96. The first-order valence-corrected chi connectivity index (χ1v) is 9.89. The SMILES string of the molecule is C=Cc1nc(-c2cccnc2)sc1-c1cccc(S(N)(=O)=O)n1.CC. The molecule has 3 aromatic rings. The Morgan fingerprint density at radius 1 is 1.16 bits per heavy atom. The van der Waals surface area contributed by atoms with Crippen molar-refractivity contribution in [2.75, 3.05) is 0 Å². The maximum atomic E-state index is 11.5. The molecule has 0 saturated heterocycles. The van der Waals surface area contributed by atoms with E-state index < -0.39 is 10.0 Å². The van der Waals surface area contributed by atoms with Crippen molar-refractivity contribution in [3.8, 4) is 21.1 Å². The van der Waals surface area contributed by atoms with Crippen molar-refractivity contribution in [3.63, 3.8) is 0 Å². The summed E-state index contributed by atoms with van der Waals surface area (Å²) in [4.78, 5) is 13.4. The van der Waals surface area contributed by atoms with Crippen LogP contribution in [0, 0.1) is 0 Å². The van der Waals surface area contributed by atoms with Gasteiger partial charge in [-0.25, -0.2) is 23.5 Å². The van der Waals surface area contributed by atoms with Crippen LogP contribution in [0.25, 0.3) is 27.2 Å². The largest absolute Gasteiger partial charge is 0.264 e. The zero-order valence-electron chi connectivity index (χ0n) is 13.9. The Balaban J connectivity index is 0.00000109. The zero-order valence-corrected chi connectivity index (χ0v) is 15.5. The highest BCUT2D eigenvalue weighted by Gasteiger charge is 2.16. The average molecular weight is 374 g/mol. The molecule has 25 heavy (non-hydrogen) atoms. The maximum absolute atomic E-state index is 11.5. The molecule has 2 N–H and O–H groups in total. The van der Waals surface area contributed by atoms with E-state index in [-0.39, 0.29) is 5.03 Å². The molecule has 0 aliphatic heterocycles. The van der Waals surface area contributed by atoms with Crippen molar-refractivity contribution < 1.29 is 8.42 Å².